The Labute approximate surface area is 454 Å². The molecule has 0 fully saturated rings. The molecule has 0 saturated carbocycles. The predicted molar refractivity (Wildman–Crippen MR) is 311 cm³/mol. The second-order valence-electron chi connectivity index (χ2n) is 22.3. The fourth-order valence-corrected chi connectivity index (χ4v) is 9.26. The zero-order chi connectivity index (χ0) is 50.3. The summed E-state index contributed by atoms with van der Waals surface area (Å²) >= 11 is 0. The zero-order valence-corrected chi connectivity index (χ0v) is 50.8. The van der Waals surface area contributed by atoms with E-state index < -0.39 is 0 Å². The molecule has 0 amide bonds. The molecule has 0 radical (unpaired) electrons. The molecule has 0 spiro atoms. The van der Waals surface area contributed by atoms with Gasteiger partial charge in [-0.2, -0.15) is 0 Å². The van der Waals surface area contributed by atoms with E-state index in [1.807, 2.05) is 12.1 Å². The molecule has 0 saturated heterocycles. The van der Waals surface area contributed by atoms with Gasteiger partial charge in [-0.3, -0.25) is 0 Å². The topological polar surface area (TPSA) is 54.0 Å². The molecule has 2 aromatic heterocycles. The molecule has 4 aromatic carbocycles. The maximum absolute atomic E-state index is 5.15. The van der Waals surface area contributed by atoms with E-state index in [9.17, 15) is 0 Å². The number of aromatic nitrogens is 2. The first kappa shape index (κ1) is 62.8. The van der Waals surface area contributed by atoms with E-state index in [0.717, 1.165) is 34.4 Å². The van der Waals surface area contributed by atoms with Gasteiger partial charge in [0, 0.05) is 0 Å². The minimum absolute atomic E-state index is 0. The van der Waals surface area contributed by atoms with Crippen molar-refractivity contribution in [2.45, 2.75) is 198 Å². The van der Waals surface area contributed by atoms with Crippen LogP contribution in [0.3, 0.4) is 0 Å². The quantitative estimate of drug-likeness (QED) is 0.0907. The van der Waals surface area contributed by atoms with Gasteiger partial charge in [0.05, 0.1) is 0 Å². The van der Waals surface area contributed by atoms with Crippen LogP contribution in [-0.4, -0.2) is 9.97 Å². The summed E-state index contributed by atoms with van der Waals surface area (Å²) in [5.41, 5.74) is 20.3. The van der Waals surface area contributed by atoms with Crippen molar-refractivity contribution in [3.63, 3.8) is 0 Å². The van der Waals surface area contributed by atoms with Crippen LogP contribution in [0.2, 0.25) is 0 Å². The third-order valence-electron chi connectivity index (χ3n) is 13.4. The molecule has 0 aliphatic carbocycles. The standard InChI is InChI=1S/2C32H43N2.2CH3.Zr/c2*1-19(2)24-17-27(22(7)8)31(28(18-24)23(9)10)29-15-12-16-30(33-29)34-32-25(20(3)4)13-11-14-26(32)21(5)6;;;/h2*11-23H,1-10H3;2*1H3;/q4*-1;+4. The molecule has 5 heteroatoms. The fourth-order valence-electron chi connectivity index (χ4n) is 9.26. The van der Waals surface area contributed by atoms with Crippen LogP contribution in [0, 0.1) is 14.9 Å². The molecule has 6 rings (SSSR count). The number of pyridine rings is 2. The van der Waals surface area contributed by atoms with E-state index in [4.69, 9.17) is 20.6 Å². The largest absolute Gasteiger partial charge is 4.00 e. The Morgan fingerprint density at radius 1 is 0.296 bits per heavy atom. The summed E-state index contributed by atoms with van der Waals surface area (Å²) in [5.74, 6) is 5.87. The van der Waals surface area contributed by atoms with Crippen molar-refractivity contribution >= 4 is 23.0 Å². The first-order valence-electron chi connectivity index (χ1n) is 26.0. The smallest absolute Gasteiger partial charge is 0.436 e. The Hall–Kier alpha value is -4.34. The van der Waals surface area contributed by atoms with Gasteiger partial charge in [0.2, 0.25) is 0 Å². The fraction of sp³-hybridized carbons (Fsp3) is 0.455. The van der Waals surface area contributed by atoms with E-state index in [2.05, 4.69) is 223 Å². The second kappa shape index (κ2) is 27.6. The van der Waals surface area contributed by atoms with Crippen molar-refractivity contribution < 1.29 is 26.2 Å². The van der Waals surface area contributed by atoms with Crippen molar-refractivity contribution in [2.24, 2.45) is 0 Å². The van der Waals surface area contributed by atoms with Gasteiger partial charge in [0.25, 0.3) is 0 Å². The van der Waals surface area contributed by atoms with E-state index >= 15 is 0 Å². The molecule has 0 unspecified atom stereocenters. The van der Waals surface area contributed by atoms with Gasteiger partial charge in [-0.05, 0) is 149 Å². The van der Waals surface area contributed by atoms with E-state index in [1.54, 1.807) is 0 Å². The SMILES string of the molecule is CC(C)c1cc(C(C)C)c(-c2cccc([N-]c3c(C(C)C)cccc3C(C)C)n2)c(C(C)C)c1.CC(C)c1cc(C(C)C)c(-c2cccc([N-]c3c(C(C)C)cccc3C(C)C)n2)c(C(C)C)c1.[CH3-].[CH3-].[Zr+4]. The van der Waals surface area contributed by atoms with Gasteiger partial charge in [-0.1, -0.05) is 247 Å². The van der Waals surface area contributed by atoms with Gasteiger partial charge in [0.15, 0.2) is 0 Å². The number of nitrogens with zero attached hydrogens (tertiary/aromatic N) is 4. The normalized spacial score (nSPS) is 11.5. The number of hydrogen-bond acceptors (Lipinski definition) is 2. The third kappa shape index (κ3) is 15.4. The number of para-hydroxylation sites is 2. The summed E-state index contributed by atoms with van der Waals surface area (Å²) in [6, 6.07) is 35.3. The van der Waals surface area contributed by atoms with Crippen LogP contribution in [-0.2, 0) is 26.2 Å². The molecule has 6 aromatic rings. The molecule has 0 N–H and O–H groups in total. The van der Waals surface area contributed by atoms with Crippen LogP contribution in [0.1, 0.15) is 253 Å². The van der Waals surface area contributed by atoms with Gasteiger partial charge in [-0.25, -0.2) is 0 Å². The number of hydrogen-bond donors (Lipinski definition) is 0. The zero-order valence-electron chi connectivity index (χ0n) is 48.3. The van der Waals surface area contributed by atoms with E-state index in [0.29, 0.717) is 59.2 Å². The number of rotatable bonds is 16. The maximum atomic E-state index is 5.15. The molecule has 380 valence electrons. The predicted octanol–water partition coefficient (Wildman–Crippen LogP) is 22.3. The Balaban J connectivity index is 0.000000467. The van der Waals surface area contributed by atoms with Crippen molar-refractivity contribution in [2.75, 3.05) is 0 Å². The van der Waals surface area contributed by atoms with Crippen LogP contribution in [0.4, 0.5) is 23.0 Å². The number of benzene rings is 4. The molecular formula is C66H92N4Zr. The van der Waals surface area contributed by atoms with Crippen LogP contribution >= 0.6 is 0 Å². The second-order valence-corrected chi connectivity index (χ2v) is 22.3. The Morgan fingerprint density at radius 2 is 0.521 bits per heavy atom. The Bertz CT molecular complexity index is 2320. The van der Waals surface area contributed by atoms with Crippen molar-refractivity contribution in [3.05, 3.63) is 178 Å². The van der Waals surface area contributed by atoms with Gasteiger partial charge < -0.3 is 35.5 Å². The van der Waals surface area contributed by atoms with Crippen molar-refractivity contribution in [3.8, 4) is 22.5 Å². The minimum atomic E-state index is 0. The summed E-state index contributed by atoms with van der Waals surface area (Å²) in [5, 5.41) is 10.3. The summed E-state index contributed by atoms with van der Waals surface area (Å²) < 4.78 is 0. The van der Waals surface area contributed by atoms with Crippen LogP contribution in [0.25, 0.3) is 33.1 Å². The van der Waals surface area contributed by atoms with Crippen LogP contribution < -0.4 is 0 Å². The third-order valence-corrected chi connectivity index (χ3v) is 13.4. The van der Waals surface area contributed by atoms with Gasteiger partial charge >= 0.3 is 26.2 Å². The van der Waals surface area contributed by atoms with E-state index in [1.165, 1.54) is 66.8 Å². The summed E-state index contributed by atoms with van der Waals surface area (Å²) in [7, 11) is 0. The van der Waals surface area contributed by atoms with Crippen LogP contribution in [0.15, 0.2) is 97.1 Å². The molecule has 0 atom stereocenters. The summed E-state index contributed by atoms with van der Waals surface area (Å²) in [4.78, 5) is 10.3. The monoisotopic (exact) mass is 1030 g/mol. The average Bonchev–Trinajstić information content (AvgIpc) is 3.28. The molecular weight excluding hydrogens is 940 g/mol. The first-order chi connectivity index (χ1) is 32.0. The minimum Gasteiger partial charge on any atom is -0.436 e. The Kier molecular flexibility index (Phi) is 24.4. The van der Waals surface area contributed by atoms with Gasteiger partial charge in [0.1, 0.15) is 0 Å². The maximum Gasteiger partial charge on any atom is 4.00 e. The van der Waals surface area contributed by atoms with Crippen molar-refractivity contribution in [1.29, 1.82) is 0 Å². The molecule has 0 bridgehead atoms. The molecule has 71 heavy (non-hydrogen) atoms. The van der Waals surface area contributed by atoms with Gasteiger partial charge in [-0.15, -0.1) is 0 Å². The van der Waals surface area contributed by atoms with Crippen molar-refractivity contribution in [1.82, 2.24) is 9.97 Å². The summed E-state index contributed by atoms with van der Waals surface area (Å²) in [6.45, 7) is 45.3. The molecule has 0 aliphatic heterocycles. The Morgan fingerprint density at radius 3 is 0.732 bits per heavy atom. The van der Waals surface area contributed by atoms with Crippen LogP contribution in [0.5, 0.6) is 0 Å². The molecule has 4 nitrogen and oxygen atoms in total. The molecule has 2 heterocycles. The first-order valence-corrected chi connectivity index (χ1v) is 26.0. The summed E-state index contributed by atoms with van der Waals surface area (Å²) in [6.07, 6.45) is 0. The average molecular weight is 1030 g/mol. The molecule has 0 aliphatic rings. The van der Waals surface area contributed by atoms with E-state index in [-0.39, 0.29) is 41.1 Å².